The Morgan fingerprint density at radius 3 is 2.74 bits per heavy atom. The lowest BCUT2D eigenvalue weighted by atomic mass is 10.2. The van der Waals surface area contributed by atoms with E-state index in [1.165, 1.54) is 29.5 Å². The van der Waals surface area contributed by atoms with Crippen LogP contribution in [0.1, 0.15) is 18.0 Å². The van der Waals surface area contributed by atoms with Gasteiger partial charge < -0.3 is 11.1 Å². The second-order valence-corrected chi connectivity index (χ2v) is 6.52. The molecule has 1 aromatic carbocycles. The highest BCUT2D eigenvalue weighted by Crippen LogP contribution is 2.27. The molecule has 0 bridgehead atoms. The van der Waals surface area contributed by atoms with E-state index in [2.05, 4.69) is 10.3 Å². The van der Waals surface area contributed by atoms with Crippen molar-refractivity contribution in [2.45, 2.75) is 17.9 Å². The number of thiazole rings is 1. The summed E-state index contributed by atoms with van der Waals surface area (Å²) in [5.41, 5.74) is 6.80. The van der Waals surface area contributed by atoms with Gasteiger partial charge in [-0.25, -0.2) is 18.5 Å². The minimum Gasteiger partial charge on any atom is -0.397 e. The SMILES string of the molecule is CC(Nc1cc(S(N)(=O)=O)ccc1N)c1nccs1. The molecule has 2 rings (SSSR count). The molecule has 5 N–H and O–H groups in total. The van der Waals surface area contributed by atoms with Gasteiger partial charge in [0.25, 0.3) is 0 Å². The first-order chi connectivity index (χ1) is 8.88. The number of benzene rings is 1. The second-order valence-electron chi connectivity index (χ2n) is 4.03. The van der Waals surface area contributed by atoms with Crippen LogP contribution in [0.3, 0.4) is 0 Å². The Bertz CT molecular complexity index is 668. The molecule has 0 aliphatic rings. The minimum absolute atomic E-state index is 0.0236. The highest BCUT2D eigenvalue weighted by Gasteiger charge is 2.13. The molecule has 6 nitrogen and oxygen atoms in total. The topological polar surface area (TPSA) is 111 Å². The molecule has 0 aliphatic heterocycles. The van der Waals surface area contributed by atoms with Crippen molar-refractivity contribution in [1.82, 2.24) is 4.98 Å². The molecule has 1 atom stereocenters. The van der Waals surface area contributed by atoms with E-state index >= 15 is 0 Å². The van der Waals surface area contributed by atoms with Crippen molar-refractivity contribution < 1.29 is 8.42 Å². The summed E-state index contributed by atoms with van der Waals surface area (Å²) in [7, 11) is -3.74. The zero-order valence-electron chi connectivity index (χ0n) is 10.2. The van der Waals surface area contributed by atoms with E-state index in [-0.39, 0.29) is 10.9 Å². The first-order valence-corrected chi connectivity index (χ1v) is 7.89. The van der Waals surface area contributed by atoms with Crippen LogP contribution < -0.4 is 16.2 Å². The number of hydrogen-bond acceptors (Lipinski definition) is 6. The van der Waals surface area contributed by atoms with E-state index in [4.69, 9.17) is 10.9 Å². The predicted octanol–water partition coefficient (Wildman–Crippen LogP) is 1.55. The van der Waals surface area contributed by atoms with Crippen molar-refractivity contribution in [3.63, 3.8) is 0 Å². The molecule has 0 radical (unpaired) electrons. The molecule has 1 aromatic heterocycles. The van der Waals surface area contributed by atoms with E-state index < -0.39 is 10.0 Å². The number of nitrogens with one attached hydrogen (secondary N) is 1. The first-order valence-electron chi connectivity index (χ1n) is 5.46. The average Bonchev–Trinajstić information content (AvgIpc) is 2.84. The van der Waals surface area contributed by atoms with Crippen LogP contribution >= 0.6 is 11.3 Å². The maximum Gasteiger partial charge on any atom is 0.238 e. The van der Waals surface area contributed by atoms with Gasteiger partial charge in [0.2, 0.25) is 10.0 Å². The molecule has 102 valence electrons. The molecular formula is C11H14N4O2S2. The normalized spacial score (nSPS) is 13.2. The van der Waals surface area contributed by atoms with Crippen molar-refractivity contribution in [3.05, 3.63) is 34.8 Å². The highest BCUT2D eigenvalue weighted by atomic mass is 32.2. The van der Waals surface area contributed by atoms with Crippen molar-refractivity contribution >= 4 is 32.7 Å². The average molecular weight is 298 g/mol. The lowest BCUT2D eigenvalue weighted by Crippen LogP contribution is -2.14. The van der Waals surface area contributed by atoms with Gasteiger partial charge in [-0.2, -0.15) is 0 Å². The summed E-state index contributed by atoms with van der Waals surface area (Å²) < 4.78 is 22.6. The van der Waals surface area contributed by atoms with Crippen molar-refractivity contribution in [1.29, 1.82) is 0 Å². The van der Waals surface area contributed by atoms with Crippen LogP contribution in [-0.4, -0.2) is 13.4 Å². The maximum absolute atomic E-state index is 11.3. The molecule has 0 saturated heterocycles. The summed E-state index contributed by atoms with van der Waals surface area (Å²) in [6.07, 6.45) is 1.71. The van der Waals surface area contributed by atoms with Crippen LogP contribution in [-0.2, 0) is 10.0 Å². The number of sulfonamides is 1. The van der Waals surface area contributed by atoms with E-state index in [1.54, 1.807) is 6.20 Å². The molecular weight excluding hydrogens is 284 g/mol. The van der Waals surface area contributed by atoms with Crippen LogP contribution in [0.25, 0.3) is 0 Å². The van der Waals surface area contributed by atoms with E-state index in [0.717, 1.165) is 5.01 Å². The molecule has 0 saturated carbocycles. The third-order valence-electron chi connectivity index (χ3n) is 2.55. The van der Waals surface area contributed by atoms with E-state index in [0.29, 0.717) is 11.4 Å². The second kappa shape index (κ2) is 5.16. The van der Waals surface area contributed by atoms with Gasteiger partial charge in [-0.05, 0) is 25.1 Å². The zero-order chi connectivity index (χ0) is 14.0. The smallest absolute Gasteiger partial charge is 0.238 e. The van der Waals surface area contributed by atoms with Gasteiger partial charge in [-0.3, -0.25) is 0 Å². The molecule has 0 spiro atoms. The zero-order valence-corrected chi connectivity index (χ0v) is 11.8. The Morgan fingerprint density at radius 1 is 1.42 bits per heavy atom. The van der Waals surface area contributed by atoms with Gasteiger partial charge in [0.05, 0.1) is 22.3 Å². The molecule has 2 aromatic rings. The van der Waals surface area contributed by atoms with Crippen molar-refractivity contribution in [2.24, 2.45) is 5.14 Å². The quantitative estimate of drug-likeness (QED) is 0.741. The number of nitrogen functional groups attached to an aromatic ring is 1. The number of nitrogens with two attached hydrogens (primary N) is 2. The Labute approximate surface area is 115 Å². The Kier molecular flexibility index (Phi) is 3.74. The van der Waals surface area contributed by atoms with Gasteiger partial charge in [-0.1, -0.05) is 0 Å². The van der Waals surface area contributed by atoms with Gasteiger partial charge >= 0.3 is 0 Å². The maximum atomic E-state index is 11.3. The highest BCUT2D eigenvalue weighted by molar-refractivity contribution is 7.89. The summed E-state index contributed by atoms with van der Waals surface area (Å²) >= 11 is 1.51. The van der Waals surface area contributed by atoms with Gasteiger partial charge in [0.1, 0.15) is 5.01 Å². The fourth-order valence-corrected chi connectivity index (χ4v) is 2.77. The molecule has 1 unspecified atom stereocenters. The third kappa shape index (κ3) is 3.22. The molecule has 19 heavy (non-hydrogen) atoms. The number of hydrogen-bond donors (Lipinski definition) is 3. The fourth-order valence-electron chi connectivity index (χ4n) is 1.58. The van der Waals surface area contributed by atoms with Crippen molar-refractivity contribution in [2.75, 3.05) is 11.1 Å². The van der Waals surface area contributed by atoms with Crippen molar-refractivity contribution in [3.8, 4) is 0 Å². The summed E-state index contributed by atoms with van der Waals surface area (Å²) in [5.74, 6) is 0. The minimum atomic E-state index is -3.74. The van der Waals surface area contributed by atoms with Gasteiger partial charge in [-0.15, -0.1) is 11.3 Å². The summed E-state index contributed by atoms with van der Waals surface area (Å²) in [6, 6.07) is 4.24. The third-order valence-corrected chi connectivity index (χ3v) is 4.42. The Morgan fingerprint density at radius 2 is 2.16 bits per heavy atom. The lowest BCUT2D eigenvalue weighted by Gasteiger charge is -2.15. The predicted molar refractivity (Wildman–Crippen MR) is 76.4 cm³/mol. The van der Waals surface area contributed by atoms with E-state index in [1.807, 2.05) is 12.3 Å². The number of rotatable bonds is 4. The fraction of sp³-hybridized carbons (Fsp3) is 0.182. The number of primary sulfonamides is 1. The molecule has 8 heteroatoms. The molecule has 0 aliphatic carbocycles. The summed E-state index contributed by atoms with van der Waals surface area (Å²) in [5, 5.41) is 11.0. The molecule has 0 amide bonds. The first kappa shape index (κ1) is 13.8. The summed E-state index contributed by atoms with van der Waals surface area (Å²) in [4.78, 5) is 4.21. The Balaban J connectivity index is 2.30. The van der Waals surface area contributed by atoms with Crippen LogP contribution in [0.5, 0.6) is 0 Å². The molecule has 0 fully saturated rings. The number of nitrogens with zero attached hydrogens (tertiary/aromatic N) is 1. The monoisotopic (exact) mass is 298 g/mol. The number of aromatic nitrogens is 1. The van der Waals surface area contributed by atoms with Crippen LogP contribution in [0.4, 0.5) is 11.4 Å². The molecule has 1 heterocycles. The van der Waals surface area contributed by atoms with E-state index in [9.17, 15) is 8.42 Å². The standard InChI is InChI=1S/C11H14N4O2S2/c1-7(11-14-4-5-18-11)15-10-6-8(19(13,16)17)2-3-9(10)12/h2-7,15H,12H2,1H3,(H2,13,16,17). The van der Waals surface area contributed by atoms with Gasteiger partial charge in [0, 0.05) is 11.6 Å². The van der Waals surface area contributed by atoms with Crippen LogP contribution in [0.2, 0.25) is 0 Å². The Hall–Kier alpha value is -1.64. The van der Waals surface area contributed by atoms with Crippen LogP contribution in [0, 0.1) is 0 Å². The van der Waals surface area contributed by atoms with Gasteiger partial charge in [0.15, 0.2) is 0 Å². The number of anilines is 2. The largest absolute Gasteiger partial charge is 0.397 e. The lowest BCUT2D eigenvalue weighted by molar-refractivity contribution is 0.598. The summed E-state index contributed by atoms with van der Waals surface area (Å²) in [6.45, 7) is 1.92. The van der Waals surface area contributed by atoms with Crippen LogP contribution in [0.15, 0.2) is 34.7 Å².